The minimum atomic E-state index is -3.18. The van der Waals surface area contributed by atoms with Gasteiger partial charge in [-0.2, -0.15) is 0 Å². The Bertz CT molecular complexity index is 712. The lowest BCUT2D eigenvalue weighted by molar-refractivity contribution is -0.134. The lowest BCUT2D eigenvalue weighted by atomic mass is 9.82. The molecule has 1 spiro atoms. The van der Waals surface area contributed by atoms with E-state index in [0.29, 0.717) is 39.1 Å². The minimum Gasteiger partial charge on any atom is -0.383 e. The van der Waals surface area contributed by atoms with Crippen molar-refractivity contribution in [1.82, 2.24) is 9.21 Å². The molecule has 1 aromatic rings. The molecule has 0 aromatic heterocycles. The number of likely N-dealkylation sites (tertiary alicyclic amines) is 1. The van der Waals surface area contributed by atoms with Crippen LogP contribution in [0, 0.1) is 0 Å². The predicted molar refractivity (Wildman–Crippen MR) is 95.8 cm³/mol. The molecule has 2 saturated heterocycles. The van der Waals surface area contributed by atoms with Crippen LogP contribution in [0.1, 0.15) is 30.7 Å². The summed E-state index contributed by atoms with van der Waals surface area (Å²) >= 11 is 0. The van der Waals surface area contributed by atoms with E-state index in [1.54, 1.807) is 7.11 Å². The van der Waals surface area contributed by atoms with Crippen LogP contribution in [0.25, 0.3) is 0 Å². The Balaban J connectivity index is 1.85. The summed E-state index contributed by atoms with van der Waals surface area (Å²) in [5.41, 5.74) is 0.773. The quantitative estimate of drug-likeness (QED) is 0.791. The predicted octanol–water partition coefficient (Wildman–Crippen LogP) is 1.44. The van der Waals surface area contributed by atoms with Crippen molar-refractivity contribution in [2.45, 2.75) is 30.7 Å². The van der Waals surface area contributed by atoms with Crippen LogP contribution in [0.4, 0.5) is 0 Å². The highest BCUT2D eigenvalue weighted by atomic mass is 32.2. The maximum atomic E-state index is 13.1. The number of piperidine rings is 1. The summed E-state index contributed by atoms with van der Waals surface area (Å²) < 4.78 is 30.4. The maximum absolute atomic E-state index is 13.1. The SMILES string of the molecule is COCCN1C(=O)C(c2ccccc2)CC12CCN(S(C)(=O)=O)CC2. The average molecular weight is 366 g/mol. The normalized spacial score (nSPS) is 24.2. The third-order valence-corrected chi connectivity index (χ3v) is 6.87. The van der Waals surface area contributed by atoms with E-state index in [2.05, 4.69) is 0 Å². The van der Waals surface area contributed by atoms with Crippen molar-refractivity contribution in [1.29, 1.82) is 0 Å². The third kappa shape index (κ3) is 3.59. The number of sulfonamides is 1. The first-order valence-corrected chi connectivity index (χ1v) is 10.5. The van der Waals surface area contributed by atoms with Gasteiger partial charge in [-0.25, -0.2) is 12.7 Å². The highest BCUT2D eigenvalue weighted by Crippen LogP contribution is 2.45. The number of methoxy groups -OCH3 is 1. The molecule has 25 heavy (non-hydrogen) atoms. The average Bonchev–Trinajstić information content (AvgIpc) is 2.85. The van der Waals surface area contributed by atoms with Crippen LogP contribution in [0.15, 0.2) is 30.3 Å². The van der Waals surface area contributed by atoms with E-state index in [1.165, 1.54) is 10.6 Å². The standard InChI is InChI=1S/C18H26N2O4S/c1-24-13-12-20-17(21)16(15-6-4-3-5-7-15)14-18(20)8-10-19(11-9-18)25(2,22)23/h3-7,16H,8-14H2,1-2H3. The molecule has 1 amide bonds. The van der Waals surface area contributed by atoms with Gasteiger partial charge < -0.3 is 9.64 Å². The number of amides is 1. The van der Waals surface area contributed by atoms with Gasteiger partial charge in [0.15, 0.2) is 0 Å². The number of hydrogen-bond acceptors (Lipinski definition) is 4. The molecule has 1 atom stereocenters. The lowest BCUT2D eigenvalue weighted by Crippen LogP contribution is -2.54. The maximum Gasteiger partial charge on any atom is 0.230 e. The van der Waals surface area contributed by atoms with Gasteiger partial charge in [0.05, 0.1) is 18.8 Å². The molecule has 1 unspecified atom stereocenters. The van der Waals surface area contributed by atoms with Crippen LogP contribution < -0.4 is 0 Å². The van der Waals surface area contributed by atoms with Crippen LogP contribution >= 0.6 is 0 Å². The van der Waals surface area contributed by atoms with Crippen molar-refractivity contribution in [2.24, 2.45) is 0 Å². The van der Waals surface area contributed by atoms with E-state index in [-0.39, 0.29) is 17.4 Å². The van der Waals surface area contributed by atoms with E-state index in [9.17, 15) is 13.2 Å². The number of carbonyl (C=O) groups is 1. The second kappa shape index (κ2) is 7.05. The summed E-state index contributed by atoms with van der Waals surface area (Å²) in [6.45, 7) is 1.98. The van der Waals surface area contributed by atoms with E-state index < -0.39 is 10.0 Å². The molecule has 2 aliphatic heterocycles. The van der Waals surface area contributed by atoms with Crippen LogP contribution in [-0.2, 0) is 19.6 Å². The molecule has 0 saturated carbocycles. The summed E-state index contributed by atoms with van der Waals surface area (Å²) in [6, 6.07) is 9.87. The van der Waals surface area contributed by atoms with Crippen molar-refractivity contribution in [3.8, 4) is 0 Å². The first-order valence-electron chi connectivity index (χ1n) is 8.68. The summed E-state index contributed by atoms with van der Waals surface area (Å²) in [7, 11) is -1.55. The Hall–Kier alpha value is -1.44. The van der Waals surface area contributed by atoms with Gasteiger partial charge in [-0.1, -0.05) is 30.3 Å². The Morgan fingerprint density at radius 3 is 2.40 bits per heavy atom. The first kappa shape index (κ1) is 18.4. The second-order valence-corrected chi connectivity index (χ2v) is 9.02. The number of rotatable bonds is 5. The number of nitrogens with zero attached hydrogens (tertiary/aromatic N) is 2. The Morgan fingerprint density at radius 1 is 1.20 bits per heavy atom. The highest BCUT2D eigenvalue weighted by molar-refractivity contribution is 7.88. The fourth-order valence-electron chi connectivity index (χ4n) is 4.18. The fraction of sp³-hybridized carbons (Fsp3) is 0.611. The van der Waals surface area contributed by atoms with Crippen molar-refractivity contribution < 1.29 is 17.9 Å². The molecular weight excluding hydrogens is 340 g/mol. The van der Waals surface area contributed by atoms with Crippen LogP contribution in [0.2, 0.25) is 0 Å². The van der Waals surface area contributed by atoms with E-state index >= 15 is 0 Å². The van der Waals surface area contributed by atoms with E-state index in [4.69, 9.17) is 4.74 Å². The van der Waals surface area contributed by atoms with Gasteiger partial charge in [-0.05, 0) is 24.8 Å². The van der Waals surface area contributed by atoms with Gasteiger partial charge in [0, 0.05) is 32.3 Å². The van der Waals surface area contributed by atoms with Gasteiger partial charge >= 0.3 is 0 Å². The van der Waals surface area contributed by atoms with E-state index in [0.717, 1.165) is 12.0 Å². The lowest BCUT2D eigenvalue weighted by Gasteiger charge is -2.44. The summed E-state index contributed by atoms with van der Waals surface area (Å²) in [4.78, 5) is 15.1. The molecule has 2 fully saturated rings. The molecule has 0 bridgehead atoms. The van der Waals surface area contributed by atoms with Gasteiger partial charge in [0.1, 0.15) is 0 Å². The molecule has 6 nitrogen and oxygen atoms in total. The second-order valence-electron chi connectivity index (χ2n) is 7.04. The molecule has 1 aromatic carbocycles. The third-order valence-electron chi connectivity index (χ3n) is 5.56. The Labute approximate surface area is 149 Å². The summed E-state index contributed by atoms with van der Waals surface area (Å²) in [5.74, 6) is -0.0149. The fourth-order valence-corrected chi connectivity index (χ4v) is 5.03. The molecular formula is C18H26N2O4S. The molecule has 0 aliphatic carbocycles. The van der Waals surface area contributed by atoms with Crippen molar-refractivity contribution in [2.75, 3.05) is 39.6 Å². The number of hydrogen-bond donors (Lipinski definition) is 0. The largest absolute Gasteiger partial charge is 0.383 e. The monoisotopic (exact) mass is 366 g/mol. The van der Waals surface area contributed by atoms with Crippen LogP contribution in [-0.4, -0.2) is 68.7 Å². The van der Waals surface area contributed by atoms with Crippen LogP contribution in [0.3, 0.4) is 0 Å². The molecule has 3 rings (SSSR count). The summed E-state index contributed by atoms with van der Waals surface area (Å²) in [6.07, 6.45) is 3.36. The molecule has 2 heterocycles. The number of carbonyl (C=O) groups excluding carboxylic acids is 1. The Morgan fingerprint density at radius 2 is 1.84 bits per heavy atom. The topological polar surface area (TPSA) is 66.9 Å². The first-order chi connectivity index (χ1) is 11.9. The zero-order valence-electron chi connectivity index (χ0n) is 14.8. The number of ether oxygens (including phenoxy) is 1. The van der Waals surface area contributed by atoms with Gasteiger partial charge in [-0.3, -0.25) is 4.79 Å². The summed E-state index contributed by atoms with van der Waals surface area (Å²) in [5, 5.41) is 0. The van der Waals surface area contributed by atoms with Gasteiger partial charge in [0.25, 0.3) is 0 Å². The zero-order chi connectivity index (χ0) is 18.1. The van der Waals surface area contributed by atoms with Crippen molar-refractivity contribution in [3.05, 3.63) is 35.9 Å². The Kier molecular flexibility index (Phi) is 5.18. The highest BCUT2D eigenvalue weighted by Gasteiger charge is 2.52. The molecule has 2 aliphatic rings. The number of benzene rings is 1. The van der Waals surface area contributed by atoms with E-state index in [1.807, 2.05) is 35.2 Å². The van der Waals surface area contributed by atoms with Crippen molar-refractivity contribution in [3.63, 3.8) is 0 Å². The molecule has 0 N–H and O–H groups in total. The smallest absolute Gasteiger partial charge is 0.230 e. The minimum absolute atomic E-state index is 0.135. The molecule has 138 valence electrons. The van der Waals surface area contributed by atoms with Gasteiger partial charge in [-0.15, -0.1) is 0 Å². The molecule has 7 heteroatoms. The van der Waals surface area contributed by atoms with Crippen LogP contribution in [0.5, 0.6) is 0 Å². The zero-order valence-corrected chi connectivity index (χ0v) is 15.7. The van der Waals surface area contributed by atoms with Crippen molar-refractivity contribution >= 4 is 15.9 Å². The van der Waals surface area contributed by atoms with Gasteiger partial charge in [0.2, 0.25) is 15.9 Å². The molecule has 0 radical (unpaired) electrons.